The van der Waals surface area contributed by atoms with E-state index in [2.05, 4.69) is 5.32 Å². The maximum atomic E-state index is 12.1. The summed E-state index contributed by atoms with van der Waals surface area (Å²) >= 11 is 0. The van der Waals surface area contributed by atoms with Crippen LogP contribution in [-0.2, 0) is 11.4 Å². The first kappa shape index (κ1) is 17.1. The molecule has 132 valence electrons. The van der Waals surface area contributed by atoms with E-state index in [0.29, 0.717) is 18.1 Å². The number of benzene rings is 2. The molecule has 6 heteroatoms. The lowest BCUT2D eigenvalue weighted by Crippen LogP contribution is -2.34. The van der Waals surface area contributed by atoms with Gasteiger partial charge in [0.05, 0.1) is 5.92 Å². The zero-order valence-electron chi connectivity index (χ0n) is 14.3. The number of nitrogens with one attached hydrogen (secondary N) is 1. The summed E-state index contributed by atoms with van der Waals surface area (Å²) in [4.78, 5) is 12.1. The van der Waals surface area contributed by atoms with Gasteiger partial charge in [0.15, 0.2) is 11.5 Å². The number of carbonyl (C=O) groups excluding carboxylic acids is 1. The first-order valence-corrected chi connectivity index (χ1v) is 8.21. The molecule has 1 heterocycles. The highest BCUT2D eigenvalue weighted by Gasteiger charge is 2.17. The second-order valence-electron chi connectivity index (χ2n) is 6.14. The molecule has 0 saturated heterocycles. The Hall–Kier alpha value is -2.73. The number of amides is 1. The lowest BCUT2D eigenvalue weighted by atomic mass is 10.0. The van der Waals surface area contributed by atoms with Crippen molar-refractivity contribution in [3.8, 4) is 17.2 Å². The van der Waals surface area contributed by atoms with Crippen LogP contribution in [0.1, 0.15) is 19.4 Å². The molecule has 2 unspecified atom stereocenters. The van der Waals surface area contributed by atoms with Gasteiger partial charge in [-0.1, -0.05) is 19.1 Å². The Morgan fingerprint density at radius 1 is 1.20 bits per heavy atom. The van der Waals surface area contributed by atoms with Crippen molar-refractivity contribution >= 4 is 11.6 Å². The standard InChI is InChI=1S/C19H22N2O4/c1-12(13(2)20)19(22)21-15-5-3-4-14(8-15)10-23-16-6-7-17-18(9-16)25-11-24-17/h3-9,12-13H,10-11,20H2,1-2H3,(H,21,22). The normalized spacial score (nSPS) is 14.7. The molecule has 0 fully saturated rings. The van der Waals surface area contributed by atoms with E-state index < -0.39 is 0 Å². The van der Waals surface area contributed by atoms with Crippen molar-refractivity contribution < 1.29 is 19.0 Å². The number of rotatable bonds is 6. The van der Waals surface area contributed by atoms with Crippen molar-refractivity contribution in [1.82, 2.24) is 0 Å². The summed E-state index contributed by atoms with van der Waals surface area (Å²) in [7, 11) is 0. The molecule has 0 aromatic heterocycles. The lowest BCUT2D eigenvalue weighted by molar-refractivity contribution is -0.119. The van der Waals surface area contributed by atoms with Crippen LogP contribution in [0.3, 0.4) is 0 Å². The Bertz CT molecular complexity index is 761. The maximum absolute atomic E-state index is 12.1. The van der Waals surface area contributed by atoms with Crippen LogP contribution in [0.2, 0.25) is 0 Å². The molecule has 25 heavy (non-hydrogen) atoms. The molecule has 2 atom stereocenters. The number of ether oxygens (including phenoxy) is 3. The van der Waals surface area contributed by atoms with E-state index in [1.807, 2.05) is 50.2 Å². The zero-order chi connectivity index (χ0) is 17.8. The summed E-state index contributed by atoms with van der Waals surface area (Å²) in [6.45, 7) is 4.25. The fourth-order valence-corrected chi connectivity index (χ4v) is 2.37. The van der Waals surface area contributed by atoms with Crippen molar-refractivity contribution in [3.63, 3.8) is 0 Å². The smallest absolute Gasteiger partial charge is 0.231 e. The van der Waals surface area contributed by atoms with E-state index in [9.17, 15) is 4.79 Å². The molecule has 0 bridgehead atoms. The third-order valence-corrected chi connectivity index (χ3v) is 4.15. The Balaban J connectivity index is 1.61. The molecule has 3 rings (SSSR count). The minimum absolute atomic E-state index is 0.0937. The Morgan fingerprint density at radius 2 is 2.00 bits per heavy atom. The van der Waals surface area contributed by atoms with E-state index in [1.54, 1.807) is 6.07 Å². The van der Waals surface area contributed by atoms with Crippen LogP contribution in [0.4, 0.5) is 5.69 Å². The zero-order valence-corrected chi connectivity index (χ0v) is 14.3. The first-order chi connectivity index (χ1) is 12.0. The van der Waals surface area contributed by atoms with Gasteiger partial charge in [-0.3, -0.25) is 4.79 Å². The summed E-state index contributed by atoms with van der Waals surface area (Å²) in [5.74, 6) is 1.75. The quantitative estimate of drug-likeness (QED) is 0.843. The Labute approximate surface area is 146 Å². The van der Waals surface area contributed by atoms with Gasteiger partial charge in [-0.15, -0.1) is 0 Å². The van der Waals surface area contributed by atoms with Gasteiger partial charge in [-0.25, -0.2) is 0 Å². The second-order valence-corrected chi connectivity index (χ2v) is 6.14. The van der Waals surface area contributed by atoms with E-state index in [0.717, 1.165) is 17.0 Å². The topological polar surface area (TPSA) is 82.8 Å². The van der Waals surface area contributed by atoms with Crippen LogP contribution in [0.5, 0.6) is 17.2 Å². The maximum Gasteiger partial charge on any atom is 0.231 e. The second kappa shape index (κ2) is 7.44. The minimum atomic E-state index is -0.256. The van der Waals surface area contributed by atoms with Crippen molar-refractivity contribution in [2.24, 2.45) is 11.7 Å². The van der Waals surface area contributed by atoms with Gasteiger partial charge in [-0.05, 0) is 36.8 Å². The average Bonchev–Trinajstić information content (AvgIpc) is 3.07. The van der Waals surface area contributed by atoms with Crippen LogP contribution >= 0.6 is 0 Å². The van der Waals surface area contributed by atoms with Crippen molar-refractivity contribution in [3.05, 3.63) is 48.0 Å². The molecular formula is C19H22N2O4. The molecular weight excluding hydrogens is 320 g/mol. The number of hydrogen-bond donors (Lipinski definition) is 2. The number of carbonyl (C=O) groups is 1. The molecule has 1 aliphatic heterocycles. The summed E-state index contributed by atoms with van der Waals surface area (Å²) in [6.07, 6.45) is 0. The van der Waals surface area contributed by atoms with Crippen LogP contribution in [0, 0.1) is 5.92 Å². The van der Waals surface area contributed by atoms with E-state index in [-0.39, 0.29) is 24.7 Å². The fraction of sp³-hybridized carbons (Fsp3) is 0.316. The molecule has 6 nitrogen and oxygen atoms in total. The summed E-state index contributed by atoms with van der Waals surface area (Å²) < 4.78 is 16.4. The van der Waals surface area contributed by atoms with E-state index in [1.165, 1.54) is 0 Å². The predicted molar refractivity (Wildman–Crippen MR) is 94.8 cm³/mol. The average molecular weight is 342 g/mol. The lowest BCUT2D eigenvalue weighted by Gasteiger charge is -2.16. The van der Waals surface area contributed by atoms with Gasteiger partial charge in [0.2, 0.25) is 12.7 Å². The minimum Gasteiger partial charge on any atom is -0.489 e. The molecule has 0 radical (unpaired) electrons. The van der Waals surface area contributed by atoms with Gasteiger partial charge < -0.3 is 25.3 Å². The molecule has 3 N–H and O–H groups in total. The SMILES string of the molecule is CC(N)C(C)C(=O)Nc1cccc(COc2ccc3c(c2)OCO3)c1. The summed E-state index contributed by atoms with van der Waals surface area (Å²) in [5, 5.41) is 2.88. The summed E-state index contributed by atoms with van der Waals surface area (Å²) in [6, 6.07) is 12.8. The number of nitrogens with two attached hydrogens (primary N) is 1. The molecule has 0 aliphatic carbocycles. The van der Waals surface area contributed by atoms with Crippen molar-refractivity contribution in [1.29, 1.82) is 0 Å². The van der Waals surface area contributed by atoms with Gasteiger partial charge in [0.1, 0.15) is 12.4 Å². The fourth-order valence-electron chi connectivity index (χ4n) is 2.37. The molecule has 0 saturated carbocycles. The number of fused-ring (bicyclic) bond motifs is 1. The van der Waals surface area contributed by atoms with Gasteiger partial charge in [-0.2, -0.15) is 0 Å². The van der Waals surface area contributed by atoms with Gasteiger partial charge in [0, 0.05) is 17.8 Å². The molecule has 1 amide bonds. The highest BCUT2D eigenvalue weighted by atomic mass is 16.7. The third-order valence-electron chi connectivity index (χ3n) is 4.15. The largest absolute Gasteiger partial charge is 0.489 e. The Morgan fingerprint density at radius 3 is 2.80 bits per heavy atom. The molecule has 2 aromatic carbocycles. The van der Waals surface area contributed by atoms with Crippen molar-refractivity contribution in [2.75, 3.05) is 12.1 Å². The van der Waals surface area contributed by atoms with E-state index in [4.69, 9.17) is 19.9 Å². The highest BCUT2D eigenvalue weighted by Crippen LogP contribution is 2.35. The van der Waals surface area contributed by atoms with Gasteiger partial charge >= 0.3 is 0 Å². The molecule has 0 spiro atoms. The van der Waals surface area contributed by atoms with E-state index >= 15 is 0 Å². The van der Waals surface area contributed by atoms with Crippen LogP contribution < -0.4 is 25.3 Å². The summed E-state index contributed by atoms with van der Waals surface area (Å²) in [5.41, 5.74) is 7.45. The Kier molecular flexibility index (Phi) is 5.09. The monoisotopic (exact) mass is 342 g/mol. The molecule has 1 aliphatic rings. The number of hydrogen-bond acceptors (Lipinski definition) is 5. The van der Waals surface area contributed by atoms with Crippen LogP contribution in [-0.4, -0.2) is 18.7 Å². The first-order valence-electron chi connectivity index (χ1n) is 8.21. The van der Waals surface area contributed by atoms with Gasteiger partial charge in [0.25, 0.3) is 0 Å². The third kappa shape index (κ3) is 4.22. The van der Waals surface area contributed by atoms with Crippen LogP contribution in [0.15, 0.2) is 42.5 Å². The number of anilines is 1. The van der Waals surface area contributed by atoms with Crippen molar-refractivity contribution in [2.45, 2.75) is 26.5 Å². The molecule has 2 aromatic rings. The highest BCUT2D eigenvalue weighted by molar-refractivity contribution is 5.92. The predicted octanol–water partition coefficient (Wildman–Crippen LogP) is 2.92. The van der Waals surface area contributed by atoms with Crippen LogP contribution in [0.25, 0.3) is 0 Å².